The fourth-order valence-electron chi connectivity index (χ4n) is 2.18. The summed E-state index contributed by atoms with van der Waals surface area (Å²) in [5.74, 6) is -0.262. The Kier molecular flexibility index (Phi) is 4.53. The van der Waals surface area contributed by atoms with E-state index in [0.29, 0.717) is 13.0 Å². The van der Waals surface area contributed by atoms with Crippen molar-refractivity contribution in [1.82, 2.24) is 0 Å². The molecule has 0 saturated carbocycles. The lowest BCUT2D eigenvalue weighted by atomic mass is 9.98. The summed E-state index contributed by atoms with van der Waals surface area (Å²) < 4.78 is 4.87. The van der Waals surface area contributed by atoms with Gasteiger partial charge >= 0.3 is 5.97 Å². The van der Waals surface area contributed by atoms with Crippen molar-refractivity contribution in [2.45, 2.75) is 25.9 Å². The van der Waals surface area contributed by atoms with Crippen molar-refractivity contribution >= 4 is 16.7 Å². The van der Waals surface area contributed by atoms with Gasteiger partial charge in [-0.1, -0.05) is 42.5 Å². The lowest BCUT2D eigenvalue weighted by molar-refractivity contribution is -0.143. The molecule has 3 nitrogen and oxygen atoms in total. The van der Waals surface area contributed by atoms with Crippen LogP contribution in [0.15, 0.2) is 42.5 Å². The highest BCUT2D eigenvalue weighted by Crippen LogP contribution is 2.26. The SMILES string of the molecule is CCOC(=O)CCC(O)c1cccc2ccccc12. The Labute approximate surface area is 112 Å². The number of ether oxygens (including phenoxy) is 1. The van der Waals surface area contributed by atoms with Crippen LogP contribution in [-0.4, -0.2) is 17.7 Å². The van der Waals surface area contributed by atoms with Gasteiger partial charge in [-0.2, -0.15) is 0 Å². The summed E-state index contributed by atoms with van der Waals surface area (Å²) in [6.45, 7) is 2.15. The average Bonchev–Trinajstić information content (AvgIpc) is 2.44. The number of aliphatic hydroxyl groups excluding tert-OH is 1. The van der Waals surface area contributed by atoms with Crippen LogP contribution >= 0.6 is 0 Å². The first-order valence-electron chi connectivity index (χ1n) is 6.53. The molecule has 1 unspecified atom stereocenters. The molecule has 2 rings (SSSR count). The minimum Gasteiger partial charge on any atom is -0.466 e. The van der Waals surface area contributed by atoms with E-state index in [1.54, 1.807) is 6.92 Å². The van der Waals surface area contributed by atoms with Crippen LogP contribution in [0.1, 0.15) is 31.4 Å². The first kappa shape index (κ1) is 13.6. The van der Waals surface area contributed by atoms with E-state index in [9.17, 15) is 9.90 Å². The minimum atomic E-state index is -0.643. The second kappa shape index (κ2) is 6.34. The van der Waals surface area contributed by atoms with E-state index < -0.39 is 6.10 Å². The van der Waals surface area contributed by atoms with Gasteiger partial charge in [0.25, 0.3) is 0 Å². The van der Waals surface area contributed by atoms with Crippen molar-refractivity contribution in [3.63, 3.8) is 0 Å². The third kappa shape index (κ3) is 3.32. The molecule has 0 radical (unpaired) electrons. The van der Waals surface area contributed by atoms with Crippen molar-refractivity contribution in [1.29, 1.82) is 0 Å². The maximum Gasteiger partial charge on any atom is 0.305 e. The number of rotatable bonds is 5. The Morgan fingerprint density at radius 3 is 2.74 bits per heavy atom. The number of carbonyl (C=O) groups is 1. The standard InChI is InChI=1S/C16H18O3/c1-2-19-16(18)11-10-15(17)14-9-5-7-12-6-3-4-8-13(12)14/h3-9,15,17H,2,10-11H2,1H3. The van der Waals surface area contributed by atoms with Crippen molar-refractivity contribution in [2.75, 3.05) is 6.61 Å². The van der Waals surface area contributed by atoms with E-state index in [1.165, 1.54) is 0 Å². The zero-order chi connectivity index (χ0) is 13.7. The van der Waals surface area contributed by atoms with Crippen LogP contribution < -0.4 is 0 Å². The number of hydrogen-bond acceptors (Lipinski definition) is 3. The fraction of sp³-hybridized carbons (Fsp3) is 0.312. The van der Waals surface area contributed by atoms with E-state index in [-0.39, 0.29) is 12.4 Å². The molecule has 0 heterocycles. The van der Waals surface area contributed by atoms with Gasteiger partial charge in [-0.3, -0.25) is 4.79 Å². The molecule has 0 aliphatic carbocycles. The molecule has 2 aromatic carbocycles. The molecule has 19 heavy (non-hydrogen) atoms. The average molecular weight is 258 g/mol. The van der Waals surface area contributed by atoms with Crippen LogP contribution in [0.4, 0.5) is 0 Å². The zero-order valence-corrected chi connectivity index (χ0v) is 11.0. The van der Waals surface area contributed by atoms with E-state index in [1.807, 2.05) is 42.5 Å². The van der Waals surface area contributed by atoms with Crippen LogP contribution in [0, 0.1) is 0 Å². The van der Waals surface area contributed by atoms with Gasteiger partial charge in [-0.15, -0.1) is 0 Å². The monoisotopic (exact) mass is 258 g/mol. The number of hydrogen-bond donors (Lipinski definition) is 1. The molecule has 0 spiro atoms. The Morgan fingerprint density at radius 2 is 1.95 bits per heavy atom. The quantitative estimate of drug-likeness (QED) is 0.838. The summed E-state index contributed by atoms with van der Waals surface area (Å²) in [6.07, 6.45) is -0.0269. The number of esters is 1. The van der Waals surface area contributed by atoms with Crippen LogP contribution in [0.3, 0.4) is 0 Å². The molecular weight excluding hydrogens is 240 g/mol. The molecule has 100 valence electrons. The summed E-state index contributed by atoms with van der Waals surface area (Å²) in [5, 5.41) is 12.3. The van der Waals surface area contributed by atoms with Crippen LogP contribution in [0.25, 0.3) is 10.8 Å². The second-order valence-electron chi connectivity index (χ2n) is 4.43. The molecule has 3 heteroatoms. The third-order valence-electron chi connectivity index (χ3n) is 3.11. The predicted octanol–water partition coefficient (Wildman–Crippen LogP) is 3.22. The van der Waals surface area contributed by atoms with E-state index in [0.717, 1.165) is 16.3 Å². The lowest BCUT2D eigenvalue weighted by Crippen LogP contribution is -2.07. The van der Waals surface area contributed by atoms with Gasteiger partial charge in [0.15, 0.2) is 0 Å². The first-order chi connectivity index (χ1) is 9.22. The van der Waals surface area contributed by atoms with E-state index >= 15 is 0 Å². The highest BCUT2D eigenvalue weighted by Gasteiger charge is 2.13. The van der Waals surface area contributed by atoms with Gasteiger partial charge in [0, 0.05) is 6.42 Å². The zero-order valence-electron chi connectivity index (χ0n) is 11.0. The van der Waals surface area contributed by atoms with Gasteiger partial charge in [0.05, 0.1) is 12.7 Å². The summed E-state index contributed by atoms with van der Waals surface area (Å²) >= 11 is 0. The minimum absolute atomic E-state index is 0.234. The number of fused-ring (bicyclic) bond motifs is 1. The number of aliphatic hydroxyl groups is 1. The Morgan fingerprint density at radius 1 is 1.21 bits per heavy atom. The molecule has 2 aromatic rings. The molecule has 0 aromatic heterocycles. The first-order valence-corrected chi connectivity index (χ1v) is 6.53. The van der Waals surface area contributed by atoms with Crippen LogP contribution in [0.2, 0.25) is 0 Å². The Bertz CT molecular complexity index is 557. The van der Waals surface area contributed by atoms with E-state index in [4.69, 9.17) is 4.74 Å². The number of benzene rings is 2. The third-order valence-corrected chi connectivity index (χ3v) is 3.11. The molecule has 1 N–H and O–H groups in total. The van der Waals surface area contributed by atoms with Crippen LogP contribution in [0.5, 0.6) is 0 Å². The molecule has 0 aliphatic rings. The largest absolute Gasteiger partial charge is 0.466 e. The fourth-order valence-corrected chi connectivity index (χ4v) is 2.18. The normalized spacial score (nSPS) is 12.3. The summed E-state index contributed by atoms with van der Waals surface area (Å²) in [6, 6.07) is 13.7. The maximum absolute atomic E-state index is 11.3. The predicted molar refractivity (Wildman–Crippen MR) is 74.8 cm³/mol. The topological polar surface area (TPSA) is 46.5 Å². The van der Waals surface area contributed by atoms with Gasteiger partial charge < -0.3 is 9.84 Å². The molecule has 1 atom stereocenters. The summed E-state index contributed by atoms with van der Waals surface area (Å²) in [4.78, 5) is 11.3. The van der Waals surface area contributed by atoms with Crippen molar-refractivity contribution in [2.24, 2.45) is 0 Å². The van der Waals surface area contributed by atoms with Gasteiger partial charge in [0.2, 0.25) is 0 Å². The van der Waals surface area contributed by atoms with Gasteiger partial charge in [-0.25, -0.2) is 0 Å². The smallest absolute Gasteiger partial charge is 0.305 e. The van der Waals surface area contributed by atoms with Crippen LogP contribution in [-0.2, 0) is 9.53 Å². The molecule has 0 amide bonds. The Hall–Kier alpha value is -1.87. The maximum atomic E-state index is 11.3. The molecule has 0 bridgehead atoms. The van der Waals surface area contributed by atoms with E-state index in [2.05, 4.69) is 0 Å². The molecule has 0 fully saturated rings. The van der Waals surface area contributed by atoms with Gasteiger partial charge in [-0.05, 0) is 29.7 Å². The molecule has 0 saturated heterocycles. The number of carbonyl (C=O) groups excluding carboxylic acids is 1. The lowest BCUT2D eigenvalue weighted by Gasteiger charge is -2.13. The van der Waals surface area contributed by atoms with Crippen molar-refractivity contribution < 1.29 is 14.6 Å². The highest BCUT2D eigenvalue weighted by atomic mass is 16.5. The van der Waals surface area contributed by atoms with Gasteiger partial charge in [0.1, 0.15) is 0 Å². The van der Waals surface area contributed by atoms with Crippen molar-refractivity contribution in [3.8, 4) is 0 Å². The summed E-state index contributed by atoms with van der Waals surface area (Å²) in [7, 11) is 0. The molecular formula is C16H18O3. The second-order valence-corrected chi connectivity index (χ2v) is 4.43. The summed E-state index contributed by atoms with van der Waals surface area (Å²) in [5.41, 5.74) is 0.863. The van der Waals surface area contributed by atoms with Crippen molar-refractivity contribution in [3.05, 3.63) is 48.0 Å². The highest BCUT2D eigenvalue weighted by molar-refractivity contribution is 5.86. The molecule has 0 aliphatic heterocycles. The Balaban J connectivity index is 2.13.